The molecule has 1 saturated carbocycles. The first-order chi connectivity index (χ1) is 10.4. The monoisotopic (exact) mass is 280 g/mol. The predicted octanol–water partition coefficient (Wildman–Crippen LogP) is 4.24. The Labute approximate surface area is 127 Å². The number of hydrogen-bond donors (Lipinski definition) is 1. The fourth-order valence-corrected chi connectivity index (χ4v) is 3.02. The number of nitrogens with one attached hydrogen (secondary N) is 1. The van der Waals surface area contributed by atoms with Gasteiger partial charge in [-0.1, -0.05) is 43.7 Å². The van der Waals surface area contributed by atoms with Crippen molar-refractivity contribution in [3.63, 3.8) is 0 Å². The lowest BCUT2D eigenvalue weighted by atomic mass is 9.80. The van der Waals surface area contributed by atoms with Crippen LogP contribution >= 0.6 is 0 Å². The first kappa shape index (κ1) is 14.3. The van der Waals surface area contributed by atoms with Gasteiger partial charge in [0, 0.05) is 24.4 Å². The standard InChI is InChI=1S/C19H24N2/c1-2-20-19(14-18-8-3-4-13-21-18)17-11-9-16(10-12-17)15-6-5-7-15/h3-4,8-13,15,19-20H,2,5-7,14H2,1H3. The van der Waals surface area contributed by atoms with Crippen molar-refractivity contribution >= 4 is 0 Å². The van der Waals surface area contributed by atoms with E-state index < -0.39 is 0 Å². The van der Waals surface area contributed by atoms with Gasteiger partial charge in [-0.15, -0.1) is 0 Å². The summed E-state index contributed by atoms with van der Waals surface area (Å²) in [4.78, 5) is 4.45. The maximum atomic E-state index is 4.45. The minimum absolute atomic E-state index is 0.348. The summed E-state index contributed by atoms with van der Waals surface area (Å²) in [5.74, 6) is 0.812. The van der Waals surface area contributed by atoms with Crippen molar-refractivity contribution in [1.82, 2.24) is 10.3 Å². The van der Waals surface area contributed by atoms with Crippen molar-refractivity contribution in [3.05, 3.63) is 65.5 Å². The molecule has 1 unspecified atom stereocenters. The van der Waals surface area contributed by atoms with Gasteiger partial charge in [0.2, 0.25) is 0 Å². The van der Waals surface area contributed by atoms with E-state index in [0.29, 0.717) is 6.04 Å². The molecule has 1 N–H and O–H groups in total. The number of likely N-dealkylation sites (N-methyl/N-ethyl adjacent to an activating group) is 1. The van der Waals surface area contributed by atoms with E-state index in [1.807, 2.05) is 12.3 Å². The first-order valence-electron chi connectivity index (χ1n) is 8.10. The molecule has 0 amide bonds. The van der Waals surface area contributed by atoms with E-state index >= 15 is 0 Å². The van der Waals surface area contributed by atoms with Crippen LogP contribution in [0.1, 0.15) is 55.0 Å². The van der Waals surface area contributed by atoms with Crippen molar-refractivity contribution in [3.8, 4) is 0 Å². The van der Waals surface area contributed by atoms with Gasteiger partial charge in [0.1, 0.15) is 0 Å². The summed E-state index contributed by atoms with van der Waals surface area (Å²) in [7, 11) is 0. The third-order valence-electron chi connectivity index (χ3n) is 4.51. The molecule has 2 nitrogen and oxygen atoms in total. The fourth-order valence-electron chi connectivity index (χ4n) is 3.02. The van der Waals surface area contributed by atoms with Crippen LogP contribution in [-0.2, 0) is 6.42 Å². The maximum absolute atomic E-state index is 4.45. The molecule has 1 aliphatic carbocycles. The van der Waals surface area contributed by atoms with E-state index in [4.69, 9.17) is 0 Å². The summed E-state index contributed by atoms with van der Waals surface area (Å²) >= 11 is 0. The maximum Gasteiger partial charge on any atom is 0.0422 e. The highest BCUT2D eigenvalue weighted by Crippen LogP contribution is 2.36. The first-order valence-corrected chi connectivity index (χ1v) is 8.10. The van der Waals surface area contributed by atoms with Gasteiger partial charge >= 0.3 is 0 Å². The van der Waals surface area contributed by atoms with E-state index in [0.717, 1.165) is 24.6 Å². The van der Waals surface area contributed by atoms with Crippen LogP contribution in [0.2, 0.25) is 0 Å². The van der Waals surface area contributed by atoms with Gasteiger partial charge in [-0.25, -0.2) is 0 Å². The van der Waals surface area contributed by atoms with Gasteiger partial charge in [0.25, 0.3) is 0 Å². The molecule has 0 aliphatic heterocycles. The second-order valence-electron chi connectivity index (χ2n) is 5.93. The number of pyridine rings is 1. The topological polar surface area (TPSA) is 24.9 Å². The minimum Gasteiger partial charge on any atom is -0.310 e. The number of rotatable bonds is 6. The molecule has 1 fully saturated rings. The van der Waals surface area contributed by atoms with E-state index in [1.54, 1.807) is 0 Å². The molecular weight excluding hydrogens is 256 g/mol. The van der Waals surface area contributed by atoms with Crippen molar-refractivity contribution in [1.29, 1.82) is 0 Å². The lowest BCUT2D eigenvalue weighted by Gasteiger charge is -2.26. The van der Waals surface area contributed by atoms with Crippen LogP contribution < -0.4 is 5.32 Å². The average Bonchev–Trinajstić information content (AvgIpc) is 2.47. The number of hydrogen-bond acceptors (Lipinski definition) is 2. The van der Waals surface area contributed by atoms with Gasteiger partial charge in [-0.3, -0.25) is 4.98 Å². The Bertz CT molecular complexity index is 544. The van der Waals surface area contributed by atoms with E-state index in [2.05, 4.69) is 53.6 Å². The highest BCUT2D eigenvalue weighted by molar-refractivity contribution is 5.29. The molecule has 110 valence electrons. The third kappa shape index (κ3) is 3.51. The Morgan fingerprint density at radius 2 is 1.95 bits per heavy atom. The lowest BCUT2D eigenvalue weighted by Crippen LogP contribution is -2.23. The predicted molar refractivity (Wildman–Crippen MR) is 87.4 cm³/mol. The molecule has 21 heavy (non-hydrogen) atoms. The third-order valence-corrected chi connectivity index (χ3v) is 4.51. The van der Waals surface area contributed by atoms with Crippen LogP contribution in [0.25, 0.3) is 0 Å². The molecule has 3 rings (SSSR count). The molecular formula is C19H24N2. The molecule has 1 aromatic heterocycles. The normalized spacial score (nSPS) is 16.4. The van der Waals surface area contributed by atoms with E-state index in [-0.39, 0.29) is 0 Å². The zero-order chi connectivity index (χ0) is 14.5. The van der Waals surface area contributed by atoms with Crippen molar-refractivity contribution in [2.75, 3.05) is 6.54 Å². The summed E-state index contributed by atoms with van der Waals surface area (Å²) in [6.45, 7) is 3.13. The van der Waals surface area contributed by atoms with E-state index in [9.17, 15) is 0 Å². The zero-order valence-corrected chi connectivity index (χ0v) is 12.8. The molecule has 1 atom stereocenters. The van der Waals surface area contributed by atoms with Crippen LogP contribution in [0, 0.1) is 0 Å². The van der Waals surface area contributed by atoms with Crippen molar-refractivity contribution in [2.24, 2.45) is 0 Å². The SMILES string of the molecule is CCNC(Cc1ccccn1)c1ccc(C2CCC2)cc1. The Morgan fingerprint density at radius 3 is 2.52 bits per heavy atom. The fraction of sp³-hybridized carbons (Fsp3) is 0.421. The van der Waals surface area contributed by atoms with Crippen molar-refractivity contribution in [2.45, 2.75) is 44.6 Å². The van der Waals surface area contributed by atoms with Gasteiger partial charge in [-0.05, 0) is 48.6 Å². The molecule has 2 aromatic rings. The van der Waals surface area contributed by atoms with Gasteiger partial charge in [0.15, 0.2) is 0 Å². The Hall–Kier alpha value is -1.67. The Morgan fingerprint density at radius 1 is 1.14 bits per heavy atom. The smallest absolute Gasteiger partial charge is 0.0422 e. The number of nitrogens with zero attached hydrogens (tertiary/aromatic N) is 1. The van der Waals surface area contributed by atoms with E-state index in [1.165, 1.54) is 30.4 Å². The molecule has 1 aromatic carbocycles. The minimum atomic E-state index is 0.348. The number of aromatic nitrogens is 1. The molecule has 0 saturated heterocycles. The van der Waals surface area contributed by atoms with Gasteiger partial charge in [0.05, 0.1) is 0 Å². The van der Waals surface area contributed by atoms with Gasteiger partial charge in [-0.2, -0.15) is 0 Å². The summed E-state index contributed by atoms with van der Waals surface area (Å²) in [6.07, 6.45) is 6.94. The summed E-state index contributed by atoms with van der Waals surface area (Å²) in [6, 6.07) is 15.7. The molecule has 1 aliphatic rings. The van der Waals surface area contributed by atoms with Crippen molar-refractivity contribution < 1.29 is 0 Å². The highest BCUT2D eigenvalue weighted by Gasteiger charge is 2.19. The second kappa shape index (κ2) is 6.86. The lowest BCUT2D eigenvalue weighted by molar-refractivity contribution is 0.419. The highest BCUT2D eigenvalue weighted by atomic mass is 14.9. The van der Waals surface area contributed by atoms with Crippen LogP contribution in [0.15, 0.2) is 48.7 Å². The number of benzene rings is 1. The molecule has 0 spiro atoms. The van der Waals surface area contributed by atoms with Crippen LogP contribution in [0.5, 0.6) is 0 Å². The van der Waals surface area contributed by atoms with Crippen LogP contribution in [0.4, 0.5) is 0 Å². The summed E-state index contributed by atoms with van der Waals surface area (Å²) in [5, 5.41) is 3.58. The Kier molecular flexibility index (Phi) is 4.66. The average molecular weight is 280 g/mol. The molecule has 1 heterocycles. The largest absolute Gasteiger partial charge is 0.310 e. The molecule has 2 heteroatoms. The van der Waals surface area contributed by atoms with Crippen LogP contribution in [-0.4, -0.2) is 11.5 Å². The quantitative estimate of drug-likeness (QED) is 0.856. The van der Waals surface area contributed by atoms with Gasteiger partial charge < -0.3 is 5.32 Å². The summed E-state index contributed by atoms with van der Waals surface area (Å²) in [5.41, 5.74) is 4.02. The molecule has 0 bridgehead atoms. The Balaban J connectivity index is 1.73. The molecule has 0 radical (unpaired) electrons. The second-order valence-corrected chi connectivity index (χ2v) is 5.93. The summed E-state index contributed by atoms with van der Waals surface area (Å²) < 4.78 is 0. The van der Waals surface area contributed by atoms with Crippen LogP contribution in [0.3, 0.4) is 0 Å². The zero-order valence-electron chi connectivity index (χ0n) is 12.8.